The maximum Gasteiger partial charge on any atom is 0.410 e. The number of para-hydroxylation sites is 1. The number of ether oxygens (including phenoxy) is 1. The lowest BCUT2D eigenvalue weighted by Crippen LogP contribution is -2.56. The van der Waals surface area contributed by atoms with Crippen LogP contribution in [-0.2, 0) is 27.2 Å². The van der Waals surface area contributed by atoms with Gasteiger partial charge in [-0.05, 0) is 93.3 Å². The minimum absolute atomic E-state index is 0.0169. The van der Waals surface area contributed by atoms with Crippen LogP contribution in [0.4, 0.5) is 15.3 Å². The molecule has 51 heavy (non-hydrogen) atoms. The molecule has 276 valence electrons. The number of likely N-dealkylation sites (tertiary alicyclic amines) is 2. The topological polar surface area (TPSA) is 158 Å². The van der Waals surface area contributed by atoms with Gasteiger partial charge < -0.3 is 29.9 Å². The number of carbonyl (C=O) groups excluding carboxylic acids is 4. The fourth-order valence-corrected chi connectivity index (χ4v) is 8.89. The maximum atomic E-state index is 14.1. The molecule has 1 atom stereocenters. The van der Waals surface area contributed by atoms with Crippen LogP contribution in [0.5, 0.6) is 5.75 Å². The van der Waals surface area contributed by atoms with Crippen LogP contribution in [0.25, 0.3) is 0 Å². The fourth-order valence-electron chi connectivity index (χ4n) is 7.60. The van der Waals surface area contributed by atoms with Gasteiger partial charge in [0.05, 0.1) is 15.5 Å². The third kappa shape index (κ3) is 9.14. The minimum Gasteiger partial charge on any atom is -0.506 e. The van der Waals surface area contributed by atoms with E-state index < -0.39 is 18.1 Å². The molecular formula is C35H45Br2N7O7. The van der Waals surface area contributed by atoms with Gasteiger partial charge in [-0.25, -0.2) is 15.1 Å². The summed E-state index contributed by atoms with van der Waals surface area (Å²) in [5.41, 5.74) is 4.34. The van der Waals surface area contributed by atoms with Gasteiger partial charge in [-0.15, -0.1) is 0 Å². The molecule has 3 saturated heterocycles. The van der Waals surface area contributed by atoms with E-state index in [1.54, 1.807) is 27.4 Å². The average Bonchev–Trinajstić information content (AvgIpc) is 3.31. The molecule has 0 bridgehead atoms. The van der Waals surface area contributed by atoms with Crippen LogP contribution in [-0.4, -0.2) is 142 Å². The van der Waals surface area contributed by atoms with Crippen LogP contribution >= 0.6 is 31.9 Å². The number of carbonyl (C=O) groups is 4. The zero-order valence-corrected chi connectivity index (χ0v) is 31.6. The van der Waals surface area contributed by atoms with Crippen LogP contribution in [0.15, 0.2) is 45.3 Å². The number of fused-ring (bicyclic) bond motifs is 1. The lowest BCUT2D eigenvalue weighted by Gasteiger charge is -2.43. The number of piperidine rings is 2. The highest BCUT2D eigenvalue weighted by Gasteiger charge is 2.37. The Labute approximate surface area is 314 Å². The Hall–Kier alpha value is -3.44. The minimum atomic E-state index is -1.06. The number of hydrogen-bond donors (Lipinski definition) is 4. The van der Waals surface area contributed by atoms with E-state index in [2.05, 4.69) is 42.1 Å². The van der Waals surface area contributed by atoms with E-state index in [9.17, 15) is 24.3 Å². The Morgan fingerprint density at radius 3 is 2.18 bits per heavy atom. The molecule has 0 unspecified atom stereocenters. The van der Waals surface area contributed by atoms with Gasteiger partial charge in [0.1, 0.15) is 5.75 Å². The standard InChI is InChI=1S/C35H45Br2N7O7/c36-27-19-23(20-28(37)32(27)46)21-30(33(47)42-10-6-25(7-11-42)41-17-15-40(16-18-41)22-31(45)39-50)51-35(49)43-12-8-26(9-13-43)44-14-5-24-3-1-2-4-29(24)38-34(44)48/h1-4,19-20,25-26,30,46,50H,5-18,21-22H2,(H,38,48)(H,39,45)/t30-/m1/s1. The van der Waals surface area contributed by atoms with Crippen LogP contribution < -0.4 is 10.8 Å². The largest absolute Gasteiger partial charge is 0.506 e. The summed E-state index contributed by atoms with van der Waals surface area (Å²) in [6.07, 6.45) is 2.04. The van der Waals surface area contributed by atoms with E-state index in [1.807, 2.05) is 34.1 Å². The summed E-state index contributed by atoms with van der Waals surface area (Å²) < 4.78 is 6.95. The number of anilines is 1. The van der Waals surface area contributed by atoms with E-state index in [-0.39, 0.29) is 36.7 Å². The highest BCUT2D eigenvalue weighted by molar-refractivity contribution is 9.11. The summed E-state index contributed by atoms with van der Waals surface area (Å²) in [6.45, 7) is 5.67. The summed E-state index contributed by atoms with van der Waals surface area (Å²) >= 11 is 6.74. The Bertz CT molecular complexity index is 1570. The summed E-state index contributed by atoms with van der Waals surface area (Å²) in [7, 11) is 0. The predicted octanol–water partition coefficient (Wildman–Crippen LogP) is 3.63. The Balaban J connectivity index is 1.06. The van der Waals surface area contributed by atoms with E-state index in [1.165, 1.54) is 0 Å². The lowest BCUT2D eigenvalue weighted by molar-refractivity contribution is -0.142. The van der Waals surface area contributed by atoms with Gasteiger partial charge in [-0.3, -0.25) is 24.6 Å². The lowest BCUT2D eigenvalue weighted by atomic mass is 10.0. The third-order valence-electron chi connectivity index (χ3n) is 10.5. The van der Waals surface area contributed by atoms with Crippen molar-refractivity contribution in [3.8, 4) is 5.75 Å². The average molecular weight is 836 g/mol. The quantitative estimate of drug-likeness (QED) is 0.230. The number of benzene rings is 2. The number of urea groups is 1. The SMILES string of the molecule is O=C(CN1CCN(C2CCN(C(=O)[C@@H](Cc3cc(Br)c(O)c(Br)c3)OC(=O)N3CCC(N4CCc5ccccc5NC4=O)CC3)CC2)CC1)NO. The van der Waals surface area contributed by atoms with Crippen LogP contribution in [0, 0.1) is 0 Å². The van der Waals surface area contributed by atoms with Crippen LogP contribution in [0.2, 0.25) is 0 Å². The normalized spacial score (nSPS) is 20.3. The van der Waals surface area contributed by atoms with E-state index in [0.29, 0.717) is 66.1 Å². The summed E-state index contributed by atoms with van der Waals surface area (Å²) in [6, 6.07) is 11.4. The number of hydrogen-bond acceptors (Lipinski definition) is 9. The molecule has 6 rings (SSSR count). The first-order chi connectivity index (χ1) is 24.6. The number of rotatable bonds is 8. The smallest absolute Gasteiger partial charge is 0.410 e. The monoisotopic (exact) mass is 833 g/mol. The van der Waals surface area contributed by atoms with Gasteiger partial charge in [-0.1, -0.05) is 18.2 Å². The second-order valence-electron chi connectivity index (χ2n) is 13.6. The molecule has 0 spiro atoms. The first kappa shape index (κ1) is 37.3. The van der Waals surface area contributed by atoms with Gasteiger partial charge >= 0.3 is 12.1 Å². The molecule has 4 N–H and O–H groups in total. The number of amides is 5. The van der Waals surface area contributed by atoms with Gasteiger partial charge in [0.25, 0.3) is 11.8 Å². The van der Waals surface area contributed by atoms with Gasteiger partial charge in [0.2, 0.25) is 0 Å². The molecule has 4 aliphatic rings. The Kier molecular flexibility index (Phi) is 12.4. The summed E-state index contributed by atoms with van der Waals surface area (Å²) in [5.74, 6) is -0.629. The molecule has 0 saturated carbocycles. The van der Waals surface area contributed by atoms with Crippen molar-refractivity contribution >= 4 is 61.5 Å². The number of phenols is 1. The van der Waals surface area contributed by atoms with Crippen LogP contribution in [0.3, 0.4) is 0 Å². The van der Waals surface area contributed by atoms with Crippen LogP contribution in [0.1, 0.15) is 36.8 Å². The zero-order chi connectivity index (χ0) is 36.1. The zero-order valence-electron chi connectivity index (χ0n) is 28.4. The number of nitrogens with one attached hydrogen (secondary N) is 2. The van der Waals surface area contributed by atoms with Crippen molar-refractivity contribution in [1.82, 2.24) is 30.0 Å². The molecule has 0 aromatic heterocycles. The number of piperazine rings is 1. The van der Waals surface area contributed by atoms with Gasteiger partial charge in [0, 0.05) is 83.1 Å². The molecule has 2 aromatic carbocycles. The molecule has 0 radical (unpaired) electrons. The van der Waals surface area contributed by atoms with Gasteiger partial charge in [-0.2, -0.15) is 0 Å². The molecule has 2 aromatic rings. The fraction of sp³-hybridized carbons (Fsp3) is 0.543. The predicted molar refractivity (Wildman–Crippen MR) is 195 cm³/mol. The van der Waals surface area contributed by atoms with Crippen molar-refractivity contribution in [2.24, 2.45) is 0 Å². The number of phenolic OH excluding ortho intramolecular Hbond substituents is 1. The van der Waals surface area contributed by atoms with Gasteiger partial charge in [0.15, 0.2) is 6.10 Å². The molecule has 14 nitrogen and oxygen atoms in total. The third-order valence-corrected chi connectivity index (χ3v) is 11.7. The van der Waals surface area contributed by atoms with E-state index >= 15 is 0 Å². The number of aromatic hydroxyl groups is 1. The molecular weight excluding hydrogens is 790 g/mol. The first-order valence-electron chi connectivity index (χ1n) is 17.6. The summed E-state index contributed by atoms with van der Waals surface area (Å²) in [5, 5.41) is 22.1. The van der Waals surface area contributed by atoms with Crippen molar-refractivity contribution < 1.29 is 34.2 Å². The highest BCUT2D eigenvalue weighted by Crippen LogP contribution is 2.34. The molecule has 4 heterocycles. The maximum absolute atomic E-state index is 14.1. The number of halogens is 2. The molecule has 0 aliphatic carbocycles. The number of hydroxylamine groups is 1. The van der Waals surface area contributed by atoms with Crippen molar-refractivity contribution in [1.29, 1.82) is 0 Å². The van der Waals surface area contributed by atoms with Crippen molar-refractivity contribution in [2.45, 2.75) is 56.7 Å². The Morgan fingerprint density at radius 1 is 0.882 bits per heavy atom. The highest BCUT2D eigenvalue weighted by atomic mass is 79.9. The molecule has 4 aliphatic heterocycles. The molecule has 5 amide bonds. The number of nitrogens with zero attached hydrogens (tertiary/aromatic N) is 5. The molecule has 16 heteroatoms. The van der Waals surface area contributed by atoms with Crippen molar-refractivity contribution in [2.75, 3.05) is 70.8 Å². The van der Waals surface area contributed by atoms with E-state index in [4.69, 9.17) is 9.94 Å². The first-order valence-corrected chi connectivity index (χ1v) is 19.1. The van der Waals surface area contributed by atoms with E-state index in [0.717, 1.165) is 56.7 Å². The second kappa shape index (κ2) is 16.9. The second-order valence-corrected chi connectivity index (χ2v) is 15.3. The van der Waals surface area contributed by atoms with Crippen molar-refractivity contribution in [3.05, 3.63) is 56.5 Å². The molecule has 3 fully saturated rings. The van der Waals surface area contributed by atoms with Crippen molar-refractivity contribution in [3.63, 3.8) is 0 Å². The Morgan fingerprint density at radius 2 is 1.51 bits per heavy atom. The summed E-state index contributed by atoms with van der Waals surface area (Å²) in [4.78, 5) is 62.0.